The lowest BCUT2D eigenvalue weighted by atomic mass is 9.98. The Labute approximate surface area is 213 Å². The Morgan fingerprint density at radius 1 is 1.06 bits per heavy atom. The molecule has 1 atom stereocenters. The van der Waals surface area contributed by atoms with Gasteiger partial charge in [-0.1, -0.05) is 31.5 Å². The van der Waals surface area contributed by atoms with Crippen molar-refractivity contribution in [2.45, 2.75) is 46.6 Å². The number of rotatable bonds is 8. The van der Waals surface area contributed by atoms with Crippen molar-refractivity contribution in [2.24, 2.45) is 0 Å². The Morgan fingerprint density at radius 3 is 2.58 bits per heavy atom. The van der Waals surface area contributed by atoms with Crippen molar-refractivity contribution in [3.63, 3.8) is 0 Å². The van der Waals surface area contributed by atoms with Gasteiger partial charge in [-0.25, -0.2) is 4.98 Å². The van der Waals surface area contributed by atoms with Crippen LogP contribution in [0.4, 0.5) is 5.13 Å². The zero-order chi connectivity index (χ0) is 25.4. The van der Waals surface area contributed by atoms with E-state index in [9.17, 15) is 9.59 Å². The number of aromatic nitrogens is 1. The Morgan fingerprint density at radius 2 is 1.86 bits per heavy atom. The topological polar surface area (TPSA) is 81.9 Å². The van der Waals surface area contributed by atoms with Crippen LogP contribution < -0.4 is 19.8 Å². The fraction of sp³-hybridized carbons (Fsp3) is 0.321. The molecule has 0 saturated heterocycles. The number of ether oxygens (including phenoxy) is 2. The molecular weight excluding hydrogens is 476 g/mol. The highest BCUT2D eigenvalue weighted by atomic mass is 32.1. The van der Waals surface area contributed by atoms with Gasteiger partial charge in [-0.3, -0.25) is 14.5 Å². The average molecular weight is 505 g/mol. The molecule has 3 heterocycles. The van der Waals surface area contributed by atoms with Gasteiger partial charge in [0.25, 0.3) is 5.91 Å². The summed E-state index contributed by atoms with van der Waals surface area (Å²) in [6.45, 7) is 8.93. The summed E-state index contributed by atoms with van der Waals surface area (Å²) in [5.41, 5.74) is 2.04. The number of anilines is 1. The number of thiazole rings is 1. The molecule has 0 fully saturated rings. The van der Waals surface area contributed by atoms with Gasteiger partial charge in [-0.2, -0.15) is 0 Å². The summed E-state index contributed by atoms with van der Waals surface area (Å²) >= 11 is 1.42. The van der Waals surface area contributed by atoms with Crippen LogP contribution in [0.15, 0.2) is 51.7 Å². The molecular formula is C28H28N2O5S. The second-order valence-electron chi connectivity index (χ2n) is 8.73. The van der Waals surface area contributed by atoms with Crippen LogP contribution >= 0.6 is 11.3 Å². The van der Waals surface area contributed by atoms with E-state index < -0.39 is 6.04 Å². The van der Waals surface area contributed by atoms with Crippen LogP contribution in [0.2, 0.25) is 0 Å². The zero-order valence-corrected chi connectivity index (χ0v) is 21.6. The molecule has 0 bridgehead atoms. The number of benzene rings is 2. The maximum absolute atomic E-state index is 13.8. The predicted molar refractivity (Wildman–Crippen MR) is 141 cm³/mol. The van der Waals surface area contributed by atoms with Crippen molar-refractivity contribution in [2.75, 3.05) is 18.1 Å². The van der Waals surface area contributed by atoms with Crippen LogP contribution in [-0.4, -0.2) is 24.1 Å². The molecule has 0 saturated carbocycles. The highest BCUT2D eigenvalue weighted by Gasteiger charge is 2.45. The summed E-state index contributed by atoms with van der Waals surface area (Å²) in [5.74, 6) is 0.878. The minimum absolute atomic E-state index is 0.0513. The molecule has 7 nitrogen and oxygen atoms in total. The van der Waals surface area contributed by atoms with Crippen molar-refractivity contribution in [1.82, 2.24) is 4.98 Å². The fourth-order valence-electron chi connectivity index (χ4n) is 4.40. The molecule has 2 aromatic heterocycles. The summed E-state index contributed by atoms with van der Waals surface area (Å²) in [4.78, 5) is 34.7. The molecule has 5 rings (SSSR count). The molecule has 1 aliphatic rings. The molecule has 1 amide bonds. The summed E-state index contributed by atoms with van der Waals surface area (Å²) in [6.07, 6.45) is 1.96. The van der Waals surface area contributed by atoms with Gasteiger partial charge in [-0.15, -0.1) is 11.3 Å². The monoisotopic (exact) mass is 504 g/mol. The molecule has 1 aliphatic heterocycles. The van der Waals surface area contributed by atoms with E-state index in [1.54, 1.807) is 29.2 Å². The third-order valence-electron chi connectivity index (χ3n) is 6.34. The van der Waals surface area contributed by atoms with Crippen LogP contribution in [0.25, 0.3) is 11.0 Å². The molecule has 0 N–H and O–H groups in total. The van der Waals surface area contributed by atoms with E-state index in [0.29, 0.717) is 46.4 Å². The quantitative estimate of drug-likeness (QED) is 0.266. The highest BCUT2D eigenvalue weighted by Crippen LogP contribution is 2.44. The van der Waals surface area contributed by atoms with Crippen molar-refractivity contribution >= 4 is 33.3 Å². The molecule has 0 unspecified atom stereocenters. The molecule has 0 spiro atoms. The number of aryl methyl sites for hydroxylation is 2. The van der Waals surface area contributed by atoms with Crippen LogP contribution in [0.5, 0.6) is 11.5 Å². The van der Waals surface area contributed by atoms with Gasteiger partial charge in [0, 0.05) is 4.88 Å². The lowest BCUT2D eigenvalue weighted by molar-refractivity contribution is 0.0971. The molecule has 36 heavy (non-hydrogen) atoms. The van der Waals surface area contributed by atoms with E-state index in [0.717, 1.165) is 29.0 Å². The average Bonchev–Trinajstić information content (AvgIpc) is 3.36. The molecule has 4 aromatic rings. The molecule has 8 heteroatoms. The molecule has 2 aromatic carbocycles. The van der Waals surface area contributed by atoms with E-state index in [4.69, 9.17) is 13.9 Å². The molecule has 0 aliphatic carbocycles. The number of carbonyl (C=O) groups is 1. The second-order valence-corrected chi connectivity index (χ2v) is 9.91. The normalized spacial score (nSPS) is 14.9. The summed E-state index contributed by atoms with van der Waals surface area (Å²) in [5, 5.41) is 0.961. The summed E-state index contributed by atoms with van der Waals surface area (Å²) in [6, 6.07) is 11.9. The van der Waals surface area contributed by atoms with Gasteiger partial charge >= 0.3 is 0 Å². The Hall–Kier alpha value is -3.65. The molecule has 186 valence electrons. The van der Waals surface area contributed by atoms with Gasteiger partial charge in [0.05, 0.1) is 35.9 Å². The number of carbonyl (C=O) groups excluding carboxylic acids is 1. The predicted octanol–water partition coefficient (Wildman–Crippen LogP) is 6.19. The van der Waals surface area contributed by atoms with Gasteiger partial charge in [0.2, 0.25) is 5.76 Å². The smallest absolute Gasteiger partial charge is 0.297 e. The van der Waals surface area contributed by atoms with Gasteiger partial charge < -0.3 is 13.9 Å². The fourth-order valence-corrected chi connectivity index (χ4v) is 5.34. The lowest BCUT2D eigenvalue weighted by Gasteiger charge is -2.23. The number of nitrogens with zero attached hydrogens (tertiary/aromatic N) is 2. The van der Waals surface area contributed by atoms with Gasteiger partial charge in [0.1, 0.15) is 5.58 Å². The number of amides is 1. The summed E-state index contributed by atoms with van der Waals surface area (Å²) in [7, 11) is 0. The number of hydrogen-bond acceptors (Lipinski definition) is 7. The van der Waals surface area contributed by atoms with Crippen LogP contribution in [0.1, 0.15) is 65.0 Å². The summed E-state index contributed by atoms with van der Waals surface area (Å²) < 4.78 is 17.9. The van der Waals surface area contributed by atoms with Crippen LogP contribution in [0.3, 0.4) is 0 Å². The Bertz CT molecular complexity index is 1490. The van der Waals surface area contributed by atoms with Crippen molar-refractivity contribution in [3.05, 3.63) is 80.1 Å². The SMILES string of the molecule is CCCCOc1ccc([C@H]2c3c(oc4ccccc4c3=O)C(=O)N2c2nc(C)c(C)s2)cc1OCC. The van der Waals surface area contributed by atoms with E-state index in [-0.39, 0.29) is 17.1 Å². The van der Waals surface area contributed by atoms with Crippen LogP contribution in [0, 0.1) is 13.8 Å². The van der Waals surface area contributed by atoms with Crippen molar-refractivity contribution < 1.29 is 18.7 Å². The number of fused-ring (bicyclic) bond motifs is 2. The van der Waals surface area contributed by atoms with Crippen molar-refractivity contribution in [3.8, 4) is 11.5 Å². The van der Waals surface area contributed by atoms with Gasteiger partial charge in [0.15, 0.2) is 22.1 Å². The minimum Gasteiger partial charge on any atom is -0.490 e. The third-order valence-corrected chi connectivity index (χ3v) is 7.41. The third kappa shape index (κ3) is 4.05. The van der Waals surface area contributed by atoms with E-state index in [1.807, 2.05) is 39.0 Å². The maximum Gasteiger partial charge on any atom is 0.297 e. The molecule has 0 radical (unpaired) electrons. The first kappa shape index (κ1) is 24.1. The second kappa shape index (κ2) is 9.78. The number of hydrogen-bond donors (Lipinski definition) is 0. The number of para-hydroxylation sites is 1. The Kier molecular flexibility index (Phi) is 6.53. The lowest BCUT2D eigenvalue weighted by Crippen LogP contribution is -2.29. The zero-order valence-electron chi connectivity index (χ0n) is 20.8. The van der Waals surface area contributed by atoms with Crippen molar-refractivity contribution in [1.29, 1.82) is 0 Å². The number of unbranched alkanes of at least 4 members (excludes halogenated alkanes) is 1. The maximum atomic E-state index is 13.8. The standard InChI is InChI=1S/C28H28N2O5S/c1-5-7-14-34-21-13-12-18(15-22(21)33-6-2)24-23-25(31)19-10-8-9-11-20(19)35-26(23)27(32)30(24)28-29-16(3)17(4)36-28/h8-13,15,24H,5-7,14H2,1-4H3/t24-/m0/s1. The highest BCUT2D eigenvalue weighted by molar-refractivity contribution is 7.15. The Balaban J connectivity index is 1.71. The van der Waals surface area contributed by atoms with Gasteiger partial charge in [-0.05, 0) is 57.0 Å². The minimum atomic E-state index is -0.706. The first-order valence-electron chi connectivity index (χ1n) is 12.2. The van der Waals surface area contributed by atoms with E-state index in [1.165, 1.54) is 11.3 Å². The largest absolute Gasteiger partial charge is 0.490 e. The van der Waals surface area contributed by atoms with E-state index >= 15 is 0 Å². The van der Waals surface area contributed by atoms with Crippen LogP contribution in [-0.2, 0) is 0 Å². The van der Waals surface area contributed by atoms with E-state index in [2.05, 4.69) is 11.9 Å². The first-order chi connectivity index (χ1) is 17.4. The first-order valence-corrected chi connectivity index (χ1v) is 13.0.